The normalized spacial score (nSPS) is 18.3. The van der Waals surface area contributed by atoms with E-state index in [4.69, 9.17) is 21.4 Å². The fraction of sp³-hybridized carbons (Fsp3) is 0.346. The maximum Gasteiger partial charge on any atom is 0.141 e. The molecule has 2 atom stereocenters. The minimum atomic E-state index is -1.29. The van der Waals surface area contributed by atoms with Crippen molar-refractivity contribution in [2.45, 2.75) is 18.6 Å². The first-order valence-electron chi connectivity index (χ1n) is 11.4. The van der Waals surface area contributed by atoms with Crippen molar-refractivity contribution in [1.29, 1.82) is 0 Å². The molecule has 0 bridgehead atoms. The van der Waals surface area contributed by atoms with Crippen LogP contribution >= 0.6 is 11.6 Å². The molecule has 1 aromatic heterocycles. The number of nitrogens with zero attached hydrogens (tertiary/aromatic N) is 3. The van der Waals surface area contributed by atoms with Gasteiger partial charge < -0.3 is 19.8 Å². The standard InChI is InChI=1S/C26H28ClF2N3O3/c1-26(34,25-9-6-20(29)15-30-25)17-31-10-11-32(24(16-31)18-2-4-19(28)5-3-18)23-8-7-21(14-22(23)27)35-13-12-33/h2-9,14-15,24,33-34H,10-13,16-17H2,1H3/t24-,26+/m0/s1. The lowest BCUT2D eigenvalue weighted by Crippen LogP contribution is -2.52. The van der Waals surface area contributed by atoms with Crippen LogP contribution in [0.3, 0.4) is 0 Å². The van der Waals surface area contributed by atoms with E-state index in [0.29, 0.717) is 42.6 Å². The smallest absolute Gasteiger partial charge is 0.141 e. The SMILES string of the molecule is C[C@@](O)(CN1CCN(c2ccc(OCCO)cc2Cl)[C@H](c2ccc(F)cc2)C1)c1ccc(F)cn1. The third-order valence-corrected chi connectivity index (χ3v) is 6.42. The highest BCUT2D eigenvalue weighted by Crippen LogP contribution is 2.37. The summed E-state index contributed by atoms with van der Waals surface area (Å²) in [6.45, 7) is 3.82. The van der Waals surface area contributed by atoms with Gasteiger partial charge >= 0.3 is 0 Å². The largest absolute Gasteiger partial charge is 0.491 e. The second kappa shape index (κ2) is 10.9. The highest BCUT2D eigenvalue weighted by atomic mass is 35.5. The number of β-amino-alcohol motifs (C(OH)–C–C–N with tert-alkyl or cyclic N) is 1. The fourth-order valence-electron chi connectivity index (χ4n) is 4.43. The number of halogens is 3. The first kappa shape index (κ1) is 25.3. The number of aromatic nitrogens is 1. The van der Waals surface area contributed by atoms with Crippen LogP contribution in [0.15, 0.2) is 60.8 Å². The highest BCUT2D eigenvalue weighted by Gasteiger charge is 2.34. The van der Waals surface area contributed by atoms with Crippen LogP contribution in [0.5, 0.6) is 5.75 Å². The molecule has 186 valence electrons. The molecule has 1 aliphatic rings. The number of rotatable bonds is 8. The summed E-state index contributed by atoms with van der Waals surface area (Å²) in [7, 11) is 0. The third kappa shape index (κ3) is 6.08. The van der Waals surface area contributed by atoms with Gasteiger partial charge in [0, 0.05) is 32.2 Å². The van der Waals surface area contributed by atoms with E-state index >= 15 is 0 Å². The zero-order valence-corrected chi connectivity index (χ0v) is 20.1. The summed E-state index contributed by atoms with van der Waals surface area (Å²) in [6.07, 6.45) is 1.10. The minimum Gasteiger partial charge on any atom is -0.491 e. The zero-order valence-electron chi connectivity index (χ0n) is 19.4. The second-order valence-corrected chi connectivity index (χ2v) is 9.22. The van der Waals surface area contributed by atoms with Gasteiger partial charge in [-0.1, -0.05) is 23.7 Å². The quantitative estimate of drug-likeness (QED) is 0.481. The third-order valence-electron chi connectivity index (χ3n) is 6.12. The summed E-state index contributed by atoms with van der Waals surface area (Å²) < 4.78 is 32.4. The molecule has 0 aliphatic carbocycles. The van der Waals surface area contributed by atoms with E-state index in [1.54, 1.807) is 31.2 Å². The second-order valence-electron chi connectivity index (χ2n) is 8.82. The van der Waals surface area contributed by atoms with E-state index in [-0.39, 0.29) is 25.1 Å². The van der Waals surface area contributed by atoms with Crippen molar-refractivity contribution >= 4 is 17.3 Å². The van der Waals surface area contributed by atoms with Crippen LogP contribution in [0, 0.1) is 11.6 Å². The number of hydrogen-bond donors (Lipinski definition) is 2. The molecule has 1 aliphatic heterocycles. The number of hydrogen-bond acceptors (Lipinski definition) is 6. The number of benzene rings is 2. The fourth-order valence-corrected chi connectivity index (χ4v) is 4.71. The number of ether oxygens (including phenoxy) is 1. The maximum absolute atomic E-state index is 13.7. The summed E-state index contributed by atoms with van der Waals surface area (Å²) in [4.78, 5) is 8.33. The van der Waals surface area contributed by atoms with Gasteiger partial charge in [0.2, 0.25) is 0 Å². The molecule has 0 amide bonds. The lowest BCUT2D eigenvalue weighted by molar-refractivity contribution is 0.00669. The molecule has 1 fully saturated rings. The first-order valence-corrected chi connectivity index (χ1v) is 11.8. The van der Waals surface area contributed by atoms with Gasteiger partial charge in [-0.05, 0) is 48.9 Å². The van der Waals surface area contributed by atoms with Crippen molar-refractivity contribution < 1.29 is 23.7 Å². The Hall–Kier alpha value is -2.78. The molecule has 2 aromatic carbocycles. The van der Waals surface area contributed by atoms with Crippen LogP contribution in [0.1, 0.15) is 24.2 Å². The van der Waals surface area contributed by atoms with Crippen molar-refractivity contribution in [3.8, 4) is 5.75 Å². The van der Waals surface area contributed by atoms with E-state index in [1.165, 1.54) is 24.3 Å². The minimum absolute atomic E-state index is 0.0921. The monoisotopic (exact) mass is 503 g/mol. The molecule has 9 heteroatoms. The average Bonchev–Trinajstić information content (AvgIpc) is 2.83. The Kier molecular flexibility index (Phi) is 7.86. The number of pyridine rings is 1. The Morgan fingerprint density at radius 3 is 2.49 bits per heavy atom. The molecule has 1 saturated heterocycles. The molecule has 35 heavy (non-hydrogen) atoms. The van der Waals surface area contributed by atoms with Crippen LogP contribution in [0.25, 0.3) is 0 Å². The summed E-state index contributed by atoms with van der Waals surface area (Å²) in [5.74, 6) is -0.214. The molecule has 4 rings (SSSR count). The van der Waals surface area contributed by atoms with Gasteiger partial charge in [-0.2, -0.15) is 0 Å². The van der Waals surface area contributed by atoms with E-state index in [1.807, 2.05) is 6.07 Å². The van der Waals surface area contributed by atoms with Crippen molar-refractivity contribution in [3.05, 3.63) is 88.7 Å². The van der Waals surface area contributed by atoms with Crippen molar-refractivity contribution in [3.63, 3.8) is 0 Å². The predicted octanol–water partition coefficient (Wildman–Crippen LogP) is 4.16. The number of piperazine rings is 1. The van der Waals surface area contributed by atoms with E-state index < -0.39 is 11.4 Å². The topological polar surface area (TPSA) is 69.1 Å². The van der Waals surface area contributed by atoms with Crippen LogP contribution in [0.2, 0.25) is 5.02 Å². The summed E-state index contributed by atoms with van der Waals surface area (Å²) >= 11 is 6.62. The molecular weight excluding hydrogens is 476 g/mol. The molecule has 6 nitrogen and oxygen atoms in total. The van der Waals surface area contributed by atoms with Gasteiger partial charge in [-0.15, -0.1) is 0 Å². The number of aliphatic hydroxyl groups is 2. The Labute approximate surface area is 208 Å². The molecule has 0 saturated carbocycles. The molecular formula is C26H28ClF2N3O3. The van der Waals surface area contributed by atoms with Gasteiger partial charge in [0.1, 0.15) is 29.6 Å². The highest BCUT2D eigenvalue weighted by molar-refractivity contribution is 6.33. The summed E-state index contributed by atoms with van der Waals surface area (Å²) in [5.41, 5.74) is 0.824. The first-order chi connectivity index (χ1) is 16.8. The zero-order chi connectivity index (χ0) is 25.0. The molecule has 2 N–H and O–H groups in total. The Balaban J connectivity index is 1.58. The average molecular weight is 504 g/mol. The molecule has 2 heterocycles. The maximum atomic E-state index is 13.7. The molecule has 3 aromatic rings. The van der Waals surface area contributed by atoms with Gasteiger partial charge in [0.25, 0.3) is 0 Å². The van der Waals surface area contributed by atoms with E-state index in [0.717, 1.165) is 17.4 Å². The molecule has 0 spiro atoms. The van der Waals surface area contributed by atoms with Crippen LogP contribution < -0.4 is 9.64 Å². The van der Waals surface area contributed by atoms with Crippen LogP contribution in [0.4, 0.5) is 14.5 Å². The van der Waals surface area contributed by atoms with Gasteiger partial charge in [0.05, 0.1) is 35.2 Å². The lowest BCUT2D eigenvalue weighted by Gasteiger charge is -2.45. The van der Waals surface area contributed by atoms with Crippen LogP contribution in [-0.2, 0) is 5.60 Å². The Bertz CT molecular complexity index is 1130. The van der Waals surface area contributed by atoms with Crippen molar-refractivity contribution in [2.75, 3.05) is 44.3 Å². The molecule has 0 unspecified atom stereocenters. The summed E-state index contributed by atoms with van der Waals surface area (Å²) in [6, 6.07) is 14.4. The Morgan fingerprint density at radius 2 is 1.83 bits per heavy atom. The lowest BCUT2D eigenvalue weighted by atomic mass is 9.97. The van der Waals surface area contributed by atoms with Crippen LogP contribution in [-0.4, -0.2) is 59.5 Å². The number of anilines is 1. The van der Waals surface area contributed by atoms with Crippen molar-refractivity contribution in [1.82, 2.24) is 9.88 Å². The molecule has 0 radical (unpaired) electrons. The van der Waals surface area contributed by atoms with Crippen molar-refractivity contribution in [2.24, 2.45) is 0 Å². The Morgan fingerprint density at radius 1 is 1.09 bits per heavy atom. The van der Waals surface area contributed by atoms with Gasteiger partial charge in [-0.25, -0.2) is 8.78 Å². The van der Waals surface area contributed by atoms with Gasteiger partial charge in [0.15, 0.2) is 0 Å². The van der Waals surface area contributed by atoms with E-state index in [9.17, 15) is 13.9 Å². The van der Waals surface area contributed by atoms with Gasteiger partial charge in [-0.3, -0.25) is 9.88 Å². The predicted molar refractivity (Wildman–Crippen MR) is 131 cm³/mol. The number of aliphatic hydroxyl groups excluding tert-OH is 1. The summed E-state index contributed by atoms with van der Waals surface area (Å²) in [5, 5.41) is 20.6. The van der Waals surface area contributed by atoms with E-state index in [2.05, 4.69) is 14.8 Å².